The van der Waals surface area contributed by atoms with Gasteiger partial charge in [-0.05, 0) is 72.8 Å². The molecular weight excluding hydrogens is 477 g/mol. The summed E-state index contributed by atoms with van der Waals surface area (Å²) >= 11 is 0. The average molecular weight is 498 g/mol. The van der Waals surface area contributed by atoms with Crippen LogP contribution in [0.5, 0.6) is 17.2 Å². The van der Waals surface area contributed by atoms with Crippen LogP contribution >= 0.6 is 7.81 Å². The Morgan fingerprint density at radius 3 is 0.812 bits per heavy atom. The predicted molar refractivity (Wildman–Crippen MR) is 115 cm³/mol. The van der Waals surface area contributed by atoms with Crippen molar-refractivity contribution in [2.24, 2.45) is 0 Å². The van der Waals surface area contributed by atoms with Gasteiger partial charge in [-0.25, -0.2) is 0 Å². The Labute approximate surface area is 184 Å². The second kappa shape index (κ2) is 9.11. The first kappa shape index (κ1) is 25.7. The van der Waals surface area contributed by atoms with Gasteiger partial charge >= 0.3 is 33.0 Å². The van der Waals surface area contributed by atoms with Crippen LogP contribution in [-0.2, 0) is 10.9 Å². The third-order valence-electron chi connectivity index (χ3n) is 3.89. The van der Waals surface area contributed by atoms with Gasteiger partial charge in [0.05, 0.1) is 32.2 Å². The molecule has 0 unspecified atom stereocenters. The van der Waals surface area contributed by atoms with Crippen LogP contribution in [0.3, 0.4) is 0 Å². The quantitative estimate of drug-likeness (QED) is 0.195. The second-order valence-electron chi connectivity index (χ2n) is 6.29. The zero-order chi connectivity index (χ0) is 24.1. The van der Waals surface area contributed by atoms with Crippen LogP contribution in [0.2, 0.25) is 0 Å². The fourth-order valence-corrected chi connectivity index (χ4v) is 4.58. The Bertz CT molecular complexity index is 885. The zero-order valence-electron chi connectivity index (χ0n) is 17.3. The summed E-state index contributed by atoms with van der Waals surface area (Å²) in [6, 6.07) is 24.7. The van der Waals surface area contributed by atoms with E-state index < -0.39 is 7.81 Å². The van der Waals surface area contributed by atoms with Crippen molar-refractivity contribution < 1.29 is 39.4 Å². The summed E-state index contributed by atoms with van der Waals surface area (Å²) in [5.74, 6) is 2.57. The molecule has 0 radical (unpaired) electrons. The summed E-state index contributed by atoms with van der Waals surface area (Å²) in [7, 11) is -5.82. The van der Waals surface area contributed by atoms with E-state index in [-0.39, 0.29) is 10.9 Å². The van der Waals surface area contributed by atoms with Crippen molar-refractivity contribution in [2.45, 2.75) is 14.7 Å². The summed E-state index contributed by atoms with van der Waals surface area (Å²) < 4.78 is 75.1. The Hall–Kier alpha value is -2.58. The molecule has 3 aromatic rings. The number of hydrogen-bond donors (Lipinski definition) is 0. The number of halogens is 6. The molecule has 0 saturated carbocycles. The minimum atomic E-state index is -10.7. The van der Waals surface area contributed by atoms with Crippen molar-refractivity contribution in [2.75, 3.05) is 21.3 Å². The minimum absolute atomic E-state index is 0.212. The van der Waals surface area contributed by atoms with Crippen molar-refractivity contribution >= 4 is 18.7 Å². The topological polar surface area (TPSA) is 27.7 Å². The van der Waals surface area contributed by atoms with E-state index in [9.17, 15) is 25.2 Å². The zero-order valence-corrected chi connectivity index (χ0v) is 19.0. The summed E-state index contributed by atoms with van der Waals surface area (Å²) in [6.07, 6.45) is 0. The molecule has 3 rings (SSSR count). The van der Waals surface area contributed by atoms with Crippen molar-refractivity contribution in [1.82, 2.24) is 0 Å². The molecule has 0 atom stereocenters. The summed E-state index contributed by atoms with van der Waals surface area (Å²) in [6.45, 7) is 0. The van der Waals surface area contributed by atoms with E-state index in [0.717, 1.165) is 17.2 Å². The van der Waals surface area contributed by atoms with Crippen LogP contribution in [0.4, 0.5) is 25.2 Å². The third kappa shape index (κ3) is 9.28. The summed E-state index contributed by atoms with van der Waals surface area (Å²) in [5, 5.41) is 0. The maximum atomic E-state index is 9.87. The van der Waals surface area contributed by atoms with Crippen LogP contribution in [-0.4, -0.2) is 21.3 Å². The SMILES string of the molecule is COc1ccc([S+](c2ccc(OC)cc2)c2ccc(OC)cc2)cc1.F[P-](F)(F)(F)(F)F. The number of benzene rings is 3. The van der Waals surface area contributed by atoms with E-state index in [1.54, 1.807) is 21.3 Å². The van der Waals surface area contributed by atoms with Crippen molar-refractivity contribution in [1.29, 1.82) is 0 Å². The molecule has 0 amide bonds. The van der Waals surface area contributed by atoms with Crippen molar-refractivity contribution in [3.8, 4) is 17.2 Å². The molecule has 0 aromatic heterocycles. The molecule has 0 aliphatic heterocycles. The second-order valence-corrected chi connectivity index (χ2v) is 10.2. The fraction of sp³-hybridized carbons (Fsp3) is 0.143. The van der Waals surface area contributed by atoms with E-state index in [2.05, 4.69) is 36.4 Å². The van der Waals surface area contributed by atoms with E-state index >= 15 is 0 Å². The molecule has 3 aromatic carbocycles. The first-order chi connectivity index (χ1) is 14.7. The van der Waals surface area contributed by atoms with Gasteiger partial charge in [-0.15, -0.1) is 0 Å². The monoisotopic (exact) mass is 498 g/mol. The Balaban J connectivity index is 0.000000451. The molecule has 32 heavy (non-hydrogen) atoms. The number of methoxy groups -OCH3 is 3. The molecule has 0 bridgehead atoms. The molecule has 0 heterocycles. The van der Waals surface area contributed by atoms with Gasteiger partial charge in [-0.3, -0.25) is 0 Å². The van der Waals surface area contributed by atoms with Gasteiger partial charge in [0.25, 0.3) is 0 Å². The van der Waals surface area contributed by atoms with E-state index in [1.807, 2.05) is 36.4 Å². The number of hydrogen-bond acceptors (Lipinski definition) is 3. The predicted octanol–water partition coefficient (Wildman–Crippen LogP) is 8.19. The van der Waals surface area contributed by atoms with Gasteiger partial charge in [0.1, 0.15) is 17.2 Å². The molecule has 176 valence electrons. The van der Waals surface area contributed by atoms with Gasteiger partial charge in [0.15, 0.2) is 14.7 Å². The summed E-state index contributed by atoms with van der Waals surface area (Å²) in [4.78, 5) is 3.70. The van der Waals surface area contributed by atoms with Crippen LogP contribution in [0.25, 0.3) is 0 Å². The van der Waals surface area contributed by atoms with Gasteiger partial charge in [0.2, 0.25) is 0 Å². The molecule has 0 saturated heterocycles. The van der Waals surface area contributed by atoms with Crippen LogP contribution in [0, 0.1) is 0 Å². The molecule has 0 spiro atoms. The van der Waals surface area contributed by atoms with Gasteiger partial charge < -0.3 is 14.2 Å². The van der Waals surface area contributed by atoms with Gasteiger partial charge in [0, 0.05) is 0 Å². The van der Waals surface area contributed by atoms with Crippen molar-refractivity contribution in [3.63, 3.8) is 0 Å². The molecule has 11 heteroatoms. The molecule has 0 fully saturated rings. The summed E-state index contributed by atoms with van der Waals surface area (Å²) in [5.41, 5.74) is 0. The number of rotatable bonds is 6. The van der Waals surface area contributed by atoms with E-state index in [1.165, 1.54) is 14.7 Å². The van der Waals surface area contributed by atoms with Crippen LogP contribution in [0.15, 0.2) is 87.5 Å². The first-order valence-electron chi connectivity index (χ1n) is 8.93. The molecular formula is C21H21F6O3PS. The third-order valence-corrected chi connectivity index (χ3v) is 6.12. The first-order valence-corrected chi connectivity index (χ1v) is 12.2. The molecule has 0 aliphatic carbocycles. The van der Waals surface area contributed by atoms with E-state index in [0.29, 0.717) is 0 Å². The van der Waals surface area contributed by atoms with Crippen LogP contribution in [0.1, 0.15) is 0 Å². The molecule has 0 N–H and O–H groups in total. The number of ether oxygens (including phenoxy) is 3. The fourth-order valence-electron chi connectivity index (χ4n) is 2.54. The van der Waals surface area contributed by atoms with Gasteiger partial charge in [-0.1, -0.05) is 0 Å². The Morgan fingerprint density at radius 2 is 0.656 bits per heavy atom. The Morgan fingerprint density at radius 1 is 0.469 bits per heavy atom. The maximum absolute atomic E-state index is 10.7. The van der Waals surface area contributed by atoms with E-state index in [4.69, 9.17) is 14.2 Å². The normalized spacial score (nSPS) is 13.3. The average Bonchev–Trinajstić information content (AvgIpc) is 2.73. The molecule has 0 aliphatic rings. The van der Waals surface area contributed by atoms with Crippen LogP contribution < -0.4 is 14.2 Å². The van der Waals surface area contributed by atoms with Gasteiger partial charge in [-0.2, -0.15) is 0 Å². The van der Waals surface area contributed by atoms with Crippen molar-refractivity contribution in [3.05, 3.63) is 72.8 Å². The molecule has 3 nitrogen and oxygen atoms in total. The standard InChI is InChI=1S/C21H21O3S.F6P/c1-22-16-4-10-19(11-5-16)25(20-12-6-17(23-2)7-13-20)21-14-8-18(24-3)9-15-21;1-7(2,3,4,5)6/h4-15H,1-3H3;/q+1;-1. The Kier molecular flexibility index (Phi) is 7.31.